The number of amides is 2. The maximum Gasteiger partial charge on any atom is 0.416 e. The van der Waals surface area contributed by atoms with Crippen LogP contribution in [0.25, 0.3) is 0 Å². The van der Waals surface area contributed by atoms with Crippen LogP contribution < -0.4 is 15.5 Å². The maximum atomic E-state index is 12.5. The van der Waals surface area contributed by atoms with Crippen molar-refractivity contribution in [1.82, 2.24) is 15.6 Å². The standard InChI is InChI=1S/C21H34N4O3/c1-16(26)23-14-13-22-12-6-5-9-18-11-10-17-8-7-15-25(19(17)24-18)20(27)28-21(2,3)4/h10-11,22H,5-9,12-15H2,1-4H3,(H,23,26). The lowest BCUT2D eigenvalue weighted by molar-refractivity contribution is -0.118. The molecular formula is C21H34N4O3. The highest BCUT2D eigenvalue weighted by atomic mass is 16.6. The zero-order valence-corrected chi connectivity index (χ0v) is 17.6. The average Bonchev–Trinajstić information content (AvgIpc) is 2.61. The molecule has 0 saturated carbocycles. The topological polar surface area (TPSA) is 83.6 Å². The molecule has 0 saturated heterocycles. The number of aryl methyl sites for hydroxylation is 2. The molecule has 0 spiro atoms. The van der Waals surface area contributed by atoms with Gasteiger partial charge in [0.15, 0.2) is 0 Å². The van der Waals surface area contributed by atoms with Gasteiger partial charge in [-0.05, 0) is 71.0 Å². The van der Waals surface area contributed by atoms with Gasteiger partial charge in [-0.15, -0.1) is 0 Å². The van der Waals surface area contributed by atoms with E-state index in [-0.39, 0.29) is 12.0 Å². The number of carbonyl (C=O) groups is 2. The van der Waals surface area contributed by atoms with Crippen molar-refractivity contribution in [2.75, 3.05) is 31.1 Å². The largest absolute Gasteiger partial charge is 0.443 e. The number of fused-ring (bicyclic) bond motifs is 1. The fourth-order valence-corrected chi connectivity index (χ4v) is 3.12. The molecular weight excluding hydrogens is 356 g/mol. The van der Waals surface area contributed by atoms with Gasteiger partial charge in [-0.1, -0.05) is 6.07 Å². The Hall–Kier alpha value is -2.15. The van der Waals surface area contributed by atoms with Crippen molar-refractivity contribution in [3.05, 3.63) is 23.4 Å². The molecule has 2 rings (SSSR count). The van der Waals surface area contributed by atoms with Crippen LogP contribution in [0.4, 0.5) is 10.6 Å². The summed E-state index contributed by atoms with van der Waals surface area (Å²) < 4.78 is 5.55. The van der Waals surface area contributed by atoms with Crippen molar-refractivity contribution in [2.24, 2.45) is 0 Å². The molecule has 1 aromatic rings. The number of rotatable bonds is 8. The van der Waals surface area contributed by atoms with Gasteiger partial charge < -0.3 is 15.4 Å². The molecule has 2 heterocycles. The van der Waals surface area contributed by atoms with E-state index in [1.54, 1.807) is 4.90 Å². The van der Waals surface area contributed by atoms with Gasteiger partial charge in [0.05, 0.1) is 0 Å². The molecule has 7 heteroatoms. The fraction of sp³-hybridized carbons (Fsp3) is 0.667. The van der Waals surface area contributed by atoms with E-state index in [1.165, 1.54) is 6.92 Å². The Morgan fingerprint density at radius 1 is 1.18 bits per heavy atom. The lowest BCUT2D eigenvalue weighted by Gasteiger charge is -2.31. The molecule has 0 fully saturated rings. The van der Waals surface area contributed by atoms with Gasteiger partial charge in [0.25, 0.3) is 0 Å². The highest BCUT2D eigenvalue weighted by Gasteiger charge is 2.28. The van der Waals surface area contributed by atoms with Gasteiger partial charge in [-0.3, -0.25) is 9.69 Å². The number of unbranched alkanes of at least 4 members (excludes halogenated alkanes) is 1. The minimum atomic E-state index is -0.515. The van der Waals surface area contributed by atoms with Crippen molar-refractivity contribution >= 4 is 17.8 Å². The van der Waals surface area contributed by atoms with Crippen molar-refractivity contribution in [1.29, 1.82) is 0 Å². The van der Waals surface area contributed by atoms with Crippen LogP contribution in [0.2, 0.25) is 0 Å². The summed E-state index contributed by atoms with van der Waals surface area (Å²) in [5.74, 6) is 0.757. The van der Waals surface area contributed by atoms with Crippen LogP contribution in [0.15, 0.2) is 12.1 Å². The molecule has 0 unspecified atom stereocenters. The van der Waals surface area contributed by atoms with Gasteiger partial charge >= 0.3 is 6.09 Å². The first-order valence-corrected chi connectivity index (χ1v) is 10.2. The predicted octanol–water partition coefficient (Wildman–Crippen LogP) is 2.82. The number of nitrogens with zero attached hydrogens (tertiary/aromatic N) is 2. The van der Waals surface area contributed by atoms with Gasteiger partial charge in [0, 0.05) is 32.3 Å². The molecule has 0 atom stereocenters. The number of hydrogen-bond donors (Lipinski definition) is 2. The SMILES string of the molecule is CC(=O)NCCNCCCCc1ccc2c(n1)N(C(=O)OC(C)(C)C)CCC2. The second-order valence-electron chi connectivity index (χ2n) is 8.21. The average molecular weight is 391 g/mol. The van der Waals surface area contributed by atoms with Crippen LogP contribution in [0.1, 0.15) is 58.2 Å². The van der Waals surface area contributed by atoms with E-state index >= 15 is 0 Å². The van der Waals surface area contributed by atoms with Crippen LogP contribution >= 0.6 is 0 Å². The molecule has 0 aromatic carbocycles. The molecule has 7 nitrogen and oxygen atoms in total. The Kier molecular flexibility index (Phi) is 8.23. The van der Waals surface area contributed by atoms with E-state index in [9.17, 15) is 9.59 Å². The Bertz CT molecular complexity index is 670. The van der Waals surface area contributed by atoms with Gasteiger partial charge in [-0.2, -0.15) is 0 Å². The first-order chi connectivity index (χ1) is 13.3. The lowest BCUT2D eigenvalue weighted by atomic mass is 10.0. The van der Waals surface area contributed by atoms with Crippen molar-refractivity contribution in [3.63, 3.8) is 0 Å². The number of ether oxygens (including phenoxy) is 1. The van der Waals surface area contributed by atoms with E-state index in [1.807, 2.05) is 20.8 Å². The van der Waals surface area contributed by atoms with Crippen molar-refractivity contribution in [3.8, 4) is 0 Å². The Labute approximate surface area is 168 Å². The molecule has 2 N–H and O–H groups in total. The molecule has 156 valence electrons. The maximum absolute atomic E-state index is 12.5. The van der Waals surface area contributed by atoms with Gasteiger partial charge in [-0.25, -0.2) is 9.78 Å². The smallest absolute Gasteiger partial charge is 0.416 e. The summed E-state index contributed by atoms with van der Waals surface area (Å²) in [6.07, 6.45) is 4.49. The molecule has 1 aliphatic heterocycles. The normalized spacial score (nSPS) is 13.8. The summed E-state index contributed by atoms with van der Waals surface area (Å²) in [5.41, 5.74) is 1.60. The van der Waals surface area contributed by atoms with Gasteiger partial charge in [0.1, 0.15) is 11.4 Å². The second kappa shape index (κ2) is 10.4. The first kappa shape index (κ1) is 22.1. The van der Waals surface area contributed by atoms with Crippen LogP contribution in [0, 0.1) is 0 Å². The molecule has 28 heavy (non-hydrogen) atoms. The van der Waals surface area contributed by atoms with E-state index in [0.717, 1.165) is 62.3 Å². The third kappa shape index (κ3) is 7.46. The fourth-order valence-electron chi connectivity index (χ4n) is 3.12. The number of nitrogens with one attached hydrogen (secondary N) is 2. The van der Waals surface area contributed by atoms with Crippen LogP contribution in [0.3, 0.4) is 0 Å². The van der Waals surface area contributed by atoms with E-state index in [4.69, 9.17) is 9.72 Å². The number of aromatic nitrogens is 1. The molecule has 0 bridgehead atoms. The highest BCUT2D eigenvalue weighted by Crippen LogP contribution is 2.27. The summed E-state index contributed by atoms with van der Waals surface area (Å²) >= 11 is 0. The highest BCUT2D eigenvalue weighted by molar-refractivity contribution is 5.88. The third-order valence-corrected chi connectivity index (χ3v) is 4.42. The Morgan fingerprint density at radius 2 is 1.96 bits per heavy atom. The number of carbonyl (C=O) groups excluding carboxylic acids is 2. The van der Waals surface area contributed by atoms with Crippen molar-refractivity contribution in [2.45, 2.75) is 65.4 Å². The summed E-state index contributed by atoms with van der Waals surface area (Å²) in [6, 6.07) is 4.17. The van der Waals surface area contributed by atoms with E-state index in [0.29, 0.717) is 13.1 Å². The van der Waals surface area contributed by atoms with E-state index < -0.39 is 5.60 Å². The van der Waals surface area contributed by atoms with Crippen LogP contribution in [-0.4, -0.2) is 48.8 Å². The molecule has 1 aromatic heterocycles. The number of hydrogen-bond acceptors (Lipinski definition) is 5. The third-order valence-electron chi connectivity index (χ3n) is 4.42. The number of pyridine rings is 1. The summed E-state index contributed by atoms with van der Waals surface area (Å²) in [7, 11) is 0. The van der Waals surface area contributed by atoms with E-state index in [2.05, 4.69) is 22.8 Å². The van der Waals surface area contributed by atoms with Gasteiger partial charge in [0.2, 0.25) is 5.91 Å². The summed E-state index contributed by atoms with van der Waals surface area (Å²) in [6.45, 7) is 10.2. The van der Waals surface area contributed by atoms with Crippen LogP contribution in [0.5, 0.6) is 0 Å². The molecule has 1 aliphatic rings. The zero-order valence-electron chi connectivity index (χ0n) is 17.6. The monoisotopic (exact) mass is 390 g/mol. The van der Waals surface area contributed by atoms with Crippen LogP contribution in [-0.2, 0) is 22.4 Å². The minimum Gasteiger partial charge on any atom is -0.443 e. The van der Waals surface area contributed by atoms with Crippen molar-refractivity contribution < 1.29 is 14.3 Å². The molecule has 2 amide bonds. The zero-order chi connectivity index (χ0) is 20.6. The predicted molar refractivity (Wildman–Crippen MR) is 111 cm³/mol. The summed E-state index contributed by atoms with van der Waals surface area (Å²) in [4.78, 5) is 29.8. The second-order valence-corrected chi connectivity index (χ2v) is 8.21. The first-order valence-electron chi connectivity index (χ1n) is 10.2. The lowest BCUT2D eigenvalue weighted by Crippen LogP contribution is -2.40. The Morgan fingerprint density at radius 3 is 2.68 bits per heavy atom. The molecule has 0 aliphatic carbocycles. The minimum absolute atomic E-state index is 0.000657. The Balaban J connectivity index is 1.83. The quantitative estimate of drug-likeness (QED) is 0.667. The number of anilines is 1. The molecule has 0 radical (unpaired) electrons. The summed E-state index contributed by atoms with van der Waals surface area (Å²) in [5, 5.41) is 6.08.